The van der Waals surface area contributed by atoms with E-state index in [0.29, 0.717) is 18.1 Å². The molecule has 21 heavy (non-hydrogen) atoms. The summed E-state index contributed by atoms with van der Waals surface area (Å²) in [5.41, 5.74) is 6.84. The molecule has 2 aromatic rings. The van der Waals surface area contributed by atoms with Crippen molar-refractivity contribution in [3.63, 3.8) is 0 Å². The molecule has 5 nitrogen and oxygen atoms in total. The Labute approximate surface area is 123 Å². The van der Waals surface area contributed by atoms with E-state index in [1.54, 1.807) is 37.7 Å². The van der Waals surface area contributed by atoms with Crippen LogP contribution in [0, 0.1) is 0 Å². The van der Waals surface area contributed by atoms with Crippen LogP contribution < -0.4 is 15.2 Å². The van der Waals surface area contributed by atoms with Crippen LogP contribution >= 0.6 is 0 Å². The van der Waals surface area contributed by atoms with Gasteiger partial charge >= 0.3 is 0 Å². The van der Waals surface area contributed by atoms with Gasteiger partial charge in [-0.2, -0.15) is 0 Å². The van der Waals surface area contributed by atoms with Gasteiger partial charge in [0.2, 0.25) is 5.91 Å². The number of carbonyl (C=O) groups is 1. The molecular weight excluding hydrogens is 268 g/mol. The van der Waals surface area contributed by atoms with Crippen LogP contribution in [0.2, 0.25) is 0 Å². The van der Waals surface area contributed by atoms with Gasteiger partial charge in [-0.15, -0.1) is 0 Å². The fourth-order valence-electron chi connectivity index (χ4n) is 1.73. The molecule has 1 aromatic heterocycles. The van der Waals surface area contributed by atoms with Crippen LogP contribution in [0.15, 0.2) is 48.8 Å². The van der Waals surface area contributed by atoms with Crippen molar-refractivity contribution in [1.82, 2.24) is 4.98 Å². The van der Waals surface area contributed by atoms with E-state index in [2.05, 4.69) is 4.98 Å². The quantitative estimate of drug-likeness (QED) is 0.825. The van der Waals surface area contributed by atoms with Crippen molar-refractivity contribution >= 4 is 12.0 Å². The minimum atomic E-state index is -0.495. The van der Waals surface area contributed by atoms with Gasteiger partial charge in [-0.25, -0.2) is 0 Å². The topological polar surface area (TPSA) is 74.4 Å². The Morgan fingerprint density at radius 1 is 1.33 bits per heavy atom. The van der Waals surface area contributed by atoms with Crippen LogP contribution in [0.4, 0.5) is 0 Å². The number of amides is 1. The SMILES string of the molecule is COc1cc(/C=C/C(N)=O)ccc1OCc1cccnc1. The third-order valence-electron chi connectivity index (χ3n) is 2.74. The molecule has 2 N–H and O–H groups in total. The van der Waals surface area contributed by atoms with E-state index >= 15 is 0 Å². The molecular formula is C16H16N2O3. The molecule has 108 valence electrons. The first-order valence-electron chi connectivity index (χ1n) is 6.36. The predicted octanol–water partition coefficient (Wildman–Crippen LogP) is 2.17. The van der Waals surface area contributed by atoms with Gasteiger partial charge in [-0.05, 0) is 29.8 Å². The zero-order valence-corrected chi connectivity index (χ0v) is 11.7. The highest BCUT2D eigenvalue weighted by atomic mass is 16.5. The van der Waals surface area contributed by atoms with E-state index < -0.39 is 5.91 Å². The summed E-state index contributed by atoms with van der Waals surface area (Å²) in [7, 11) is 1.56. The first kappa shape index (κ1) is 14.6. The zero-order chi connectivity index (χ0) is 15.1. The normalized spacial score (nSPS) is 10.5. The third kappa shape index (κ3) is 4.35. The van der Waals surface area contributed by atoms with Gasteiger partial charge in [0.1, 0.15) is 6.61 Å². The number of rotatable bonds is 6. The lowest BCUT2D eigenvalue weighted by Gasteiger charge is -2.11. The summed E-state index contributed by atoms with van der Waals surface area (Å²) in [4.78, 5) is 14.8. The maximum absolute atomic E-state index is 10.7. The first-order chi connectivity index (χ1) is 10.2. The summed E-state index contributed by atoms with van der Waals surface area (Å²) < 4.78 is 11.0. The van der Waals surface area contributed by atoms with Gasteiger partial charge in [0.15, 0.2) is 11.5 Å². The highest BCUT2D eigenvalue weighted by molar-refractivity contribution is 5.90. The van der Waals surface area contributed by atoms with Crippen LogP contribution in [0.3, 0.4) is 0 Å². The van der Waals surface area contributed by atoms with E-state index in [9.17, 15) is 4.79 Å². The molecule has 0 aliphatic carbocycles. The fourth-order valence-corrected chi connectivity index (χ4v) is 1.73. The lowest BCUT2D eigenvalue weighted by Crippen LogP contribution is -2.05. The van der Waals surface area contributed by atoms with Crippen molar-refractivity contribution in [3.05, 3.63) is 59.9 Å². The number of carbonyl (C=O) groups excluding carboxylic acids is 1. The number of hydrogen-bond acceptors (Lipinski definition) is 4. The lowest BCUT2D eigenvalue weighted by atomic mass is 10.2. The second kappa shape index (κ2) is 7.09. The highest BCUT2D eigenvalue weighted by Gasteiger charge is 2.05. The second-order valence-electron chi connectivity index (χ2n) is 4.30. The number of ether oxygens (including phenoxy) is 2. The summed E-state index contributed by atoms with van der Waals surface area (Å²) in [5.74, 6) is 0.717. The maximum atomic E-state index is 10.7. The number of aromatic nitrogens is 1. The molecule has 5 heteroatoms. The monoisotopic (exact) mass is 284 g/mol. The van der Waals surface area contributed by atoms with Crippen LogP contribution in [0.5, 0.6) is 11.5 Å². The number of nitrogens with two attached hydrogens (primary N) is 1. The highest BCUT2D eigenvalue weighted by Crippen LogP contribution is 2.29. The van der Waals surface area contributed by atoms with Crippen molar-refractivity contribution in [1.29, 1.82) is 0 Å². The molecule has 0 saturated heterocycles. The molecule has 1 aromatic carbocycles. The number of pyridine rings is 1. The van der Waals surface area contributed by atoms with Crippen LogP contribution in [-0.2, 0) is 11.4 Å². The molecule has 0 spiro atoms. The standard InChI is InChI=1S/C16H16N2O3/c1-20-15-9-12(5-7-16(17)19)4-6-14(15)21-11-13-3-2-8-18-10-13/h2-10H,11H2,1H3,(H2,17,19)/b7-5+. The second-order valence-corrected chi connectivity index (χ2v) is 4.30. The van der Waals surface area contributed by atoms with E-state index in [4.69, 9.17) is 15.2 Å². The summed E-state index contributed by atoms with van der Waals surface area (Å²) in [6, 6.07) is 9.17. The molecule has 2 rings (SSSR count). The molecule has 0 unspecified atom stereocenters. The van der Waals surface area contributed by atoms with Gasteiger partial charge < -0.3 is 15.2 Å². The number of benzene rings is 1. The number of methoxy groups -OCH3 is 1. The Hall–Kier alpha value is -2.82. The van der Waals surface area contributed by atoms with Crippen molar-refractivity contribution in [2.75, 3.05) is 7.11 Å². The van der Waals surface area contributed by atoms with Crippen molar-refractivity contribution in [3.8, 4) is 11.5 Å². The summed E-state index contributed by atoms with van der Waals surface area (Å²) in [6.07, 6.45) is 6.38. The Kier molecular flexibility index (Phi) is 4.93. The Morgan fingerprint density at radius 3 is 2.86 bits per heavy atom. The molecule has 0 saturated carbocycles. The van der Waals surface area contributed by atoms with Crippen LogP contribution in [0.25, 0.3) is 6.08 Å². The molecule has 0 aliphatic rings. The minimum absolute atomic E-state index is 0.403. The predicted molar refractivity (Wildman–Crippen MR) is 79.8 cm³/mol. The molecule has 0 atom stereocenters. The molecule has 0 radical (unpaired) electrons. The van der Waals surface area contributed by atoms with Crippen LogP contribution in [-0.4, -0.2) is 18.0 Å². The van der Waals surface area contributed by atoms with Crippen molar-refractivity contribution < 1.29 is 14.3 Å². The van der Waals surface area contributed by atoms with Crippen molar-refractivity contribution in [2.45, 2.75) is 6.61 Å². The Balaban J connectivity index is 2.11. The molecule has 0 fully saturated rings. The number of nitrogens with zero attached hydrogens (tertiary/aromatic N) is 1. The molecule has 0 bridgehead atoms. The zero-order valence-electron chi connectivity index (χ0n) is 11.7. The molecule has 0 aliphatic heterocycles. The number of primary amides is 1. The minimum Gasteiger partial charge on any atom is -0.493 e. The van der Waals surface area contributed by atoms with E-state index in [1.165, 1.54) is 6.08 Å². The molecule has 1 amide bonds. The summed E-state index contributed by atoms with van der Waals surface area (Å²) >= 11 is 0. The molecule has 1 heterocycles. The van der Waals surface area contributed by atoms with Gasteiger partial charge in [0, 0.05) is 24.0 Å². The lowest BCUT2D eigenvalue weighted by molar-refractivity contribution is -0.113. The van der Waals surface area contributed by atoms with Crippen molar-refractivity contribution in [2.24, 2.45) is 5.73 Å². The summed E-state index contributed by atoms with van der Waals surface area (Å²) in [6.45, 7) is 0.403. The third-order valence-corrected chi connectivity index (χ3v) is 2.74. The average molecular weight is 284 g/mol. The smallest absolute Gasteiger partial charge is 0.241 e. The summed E-state index contributed by atoms with van der Waals surface area (Å²) in [5, 5.41) is 0. The largest absolute Gasteiger partial charge is 0.493 e. The Morgan fingerprint density at radius 2 is 2.19 bits per heavy atom. The fraction of sp³-hybridized carbons (Fsp3) is 0.125. The maximum Gasteiger partial charge on any atom is 0.241 e. The first-order valence-corrected chi connectivity index (χ1v) is 6.36. The Bertz CT molecular complexity index is 639. The van der Waals surface area contributed by atoms with Gasteiger partial charge in [-0.3, -0.25) is 9.78 Å². The van der Waals surface area contributed by atoms with E-state index in [1.807, 2.05) is 18.2 Å². The van der Waals surface area contributed by atoms with Gasteiger partial charge in [-0.1, -0.05) is 12.1 Å². The average Bonchev–Trinajstić information content (AvgIpc) is 2.52. The van der Waals surface area contributed by atoms with E-state index in [-0.39, 0.29) is 0 Å². The van der Waals surface area contributed by atoms with Gasteiger partial charge in [0.05, 0.1) is 7.11 Å². The van der Waals surface area contributed by atoms with Gasteiger partial charge in [0.25, 0.3) is 0 Å². The van der Waals surface area contributed by atoms with E-state index in [0.717, 1.165) is 11.1 Å². The van der Waals surface area contributed by atoms with Crippen LogP contribution in [0.1, 0.15) is 11.1 Å². The number of hydrogen-bond donors (Lipinski definition) is 1.